The van der Waals surface area contributed by atoms with Gasteiger partial charge in [-0.05, 0) is 19.1 Å². The van der Waals surface area contributed by atoms with E-state index in [1.807, 2.05) is 0 Å². The van der Waals surface area contributed by atoms with Crippen LogP contribution < -0.4 is 16.2 Å². The minimum atomic E-state index is -0.792. The molecule has 1 unspecified atom stereocenters. The van der Waals surface area contributed by atoms with Crippen molar-refractivity contribution in [2.75, 3.05) is 24.5 Å². The Morgan fingerprint density at radius 1 is 1.24 bits per heavy atom. The van der Waals surface area contributed by atoms with E-state index in [0.29, 0.717) is 0 Å². The molecule has 2 rings (SSSR count). The molecule has 2 aromatic rings. The van der Waals surface area contributed by atoms with Gasteiger partial charge in [-0.2, -0.15) is 0 Å². The van der Waals surface area contributed by atoms with Crippen molar-refractivity contribution in [1.29, 1.82) is 0 Å². The number of halogens is 1. The van der Waals surface area contributed by atoms with E-state index in [4.69, 9.17) is 16.3 Å². The largest absolute Gasteiger partial charge is 0.383 e. The number of amides is 1. The molecule has 3 N–H and O–H groups in total. The molecule has 0 bridgehead atoms. The average molecular weight is 426 g/mol. The SMILES string of the molecule is COCC(C)Nc1ncnc(NNC(=O)c2ccc(Cl)c([N+](=O)[O-])c2)c1[N+](=O)[O-]. The Balaban J connectivity index is 2.22. The number of nitro groups is 2. The van der Waals surface area contributed by atoms with E-state index < -0.39 is 27.1 Å². The molecule has 154 valence electrons. The highest BCUT2D eigenvalue weighted by molar-refractivity contribution is 6.32. The zero-order valence-electron chi connectivity index (χ0n) is 15.2. The van der Waals surface area contributed by atoms with E-state index in [-0.39, 0.29) is 34.9 Å². The maximum absolute atomic E-state index is 12.2. The van der Waals surface area contributed by atoms with Gasteiger partial charge in [0.25, 0.3) is 11.6 Å². The van der Waals surface area contributed by atoms with Crippen LogP contribution in [0.25, 0.3) is 0 Å². The van der Waals surface area contributed by atoms with E-state index in [9.17, 15) is 25.0 Å². The van der Waals surface area contributed by atoms with Crippen LogP contribution in [0.1, 0.15) is 17.3 Å². The number of carbonyl (C=O) groups is 1. The molecule has 1 amide bonds. The predicted octanol–water partition coefficient (Wildman–Crippen LogP) is 2.15. The lowest BCUT2D eigenvalue weighted by Crippen LogP contribution is -2.30. The summed E-state index contributed by atoms with van der Waals surface area (Å²) >= 11 is 5.71. The Morgan fingerprint density at radius 3 is 2.55 bits per heavy atom. The first kappa shape index (κ1) is 21.7. The molecule has 13 nitrogen and oxygen atoms in total. The van der Waals surface area contributed by atoms with Crippen LogP contribution in [0.3, 0.4) is 0 Å². The molecule has 14 heteroatoms. The first-order chi connectivity index (χ1) is 13.7. The zero-order valence-corrected chi connectivity index (χ0v) is 16.0. The molecular weight excluding hydrogens is 410 g/mol. The van der Waals surface area contributed by atoms with Crippen molar-refractivity contribution in [3.05, 3.63) is 55.3 Å². The van der Waals surface area contributed by atoms with Crippen LogP contribution in [0, 0.1) is 20.2 Å². The quantitative estimate of drug-likeness (QED) is 0.398. The summed E-state index contributed by atoms with van der Waals surface area (Å²) in [4.78, 5) is 40.8. The van der Waals surface area contributed by atoms with Gasteiger partial charge in [0.05, 0.1) is 16.5 Å². The summed E-state index contributed by atoms with van der Waals surface area (Å²) in [5.74, 6) is -1.15. The number of rotatable bonds is 9. The fraction of sp³-hybridized carbons (Fsp3) is 0.267. The molecule has 0 aliphatic heterocycles. The smallest absolute Gasteiger partial charge is 0.354 e. The molecule has 1 heterocycles. The Bertz CT molecular complexity index is 941. The van der Waals surface area contributed by atoms with Gasteiger partial charge in [0.1, 0.15) is 11.3 Å². The summed E-state index contributed by atoms with van der Waals surface area (Å²) < 4.78 is 4.96. The number of hydrogen-bond acceptors (Lipinski definition) is 10. The molecule has 0 aliphatic rings. The van der Waals surface area contributed by atoms with Gasteiger partial charge in [0.15, 0.2) is 0 Å². The minimum Gasteiger partial charge on any atom is -0.383 e. The first-order valence-corrected chi connectivity index (χ1v) is 8.37. The summed E-state index contributed by atoms with van der Waals surface area (Å²) in [5, 5.41) is 25.1. The maximum atomic E-state index is 12.2. The number of methoxy groups -OCH3 is 1. The standard InChI is InChI=1S/C15H16ClN7O6/c1-8(6-29-2)19-13-12(23(27)28)14(18-7-17-13)20-21-15(24)9-3-4-10(16)11(5-9)22(25)26/h3-5,7-8H,6H2,1-2H3,(H,21,24)(H2,17,18,19,20). The summed E-state index contributed by atoms with van der Waals surface area (Å²) in [6, 6.07) is 3.15. The van der Waals surface area contributed by atoms with Crippen LogP contribution in [-0.2, 0) is 4.74 Å². The van der Waals surface area contributed by atoms with Gasteiger partial charge < -0.3 is 10.1 Å². The first-order valence-electron chi connectivity index (χ1n) is 7.99. The van der Waals surface area contributed by atoms with Crippen LogP contribution in [0.15, 0.2) is 24.5 Å². The molecule has 1 aromatic heterocycles. The van der Waals surface area contributed by atoms with Crippen LogP contribution in [0.4, 0.5) is 23.0 Å². The lowest BCUT2D eigenvalue weighted by molar-refractivity contribution is -0.384. The third-order valence-corrected chi connectivity index (χ3v) is 3.82. The number of benzene rings is 1. The van der Waals surface area contributed by atoms with Gasteiger partial charge in [-0.25, -0.2) is 9.97 Å². The van der Waals surface area contributed by atoms with E-state index in [0.717, 1.165) is 12.4 Å². The lowest BCUT2D eigenvalue weighted by Gasteiger charge is -2.14. The summed E-state index contributed by atoms with van der Waals surface area (Å²) in [6.07, 6.45) is 1.07. The topological polar surface area (TPSA) is 174 Å². The number of nitrogens with zero attached hydrogens (tertiary/aromatic N) is 4. The Morgan fingerprint density at radius 2 is 1.93 bits per heavy atom. The van der Waals surface area contributed by atoms with Crippen LogP contribution in [0.5, 0.6) is 0 Å². The summed E-state index contributed by atoms with van der Waals surface area (Å²) in [6.45, 7) is 2.01. The highest BCUT2D eigenvalue weighted by Crippen LogP contribution is 2.29. The highest BCUT2D eigenvalue weighted by atomic mass is 35.5. The monoisotopic (exact) mass is 425 g/mol. The molecule has 0 radical (unpaired) electrons. The van der Waals surface area contributed by atoms with E-state index in [1.165, 1.54) is 19.2 Å². The van der Waals surface area contributed by atoms with Gasteiger partial charge in [0.2, 0.25) is 11.6 Å². The number of hydrogen-bond donors (Lipinski definition) is 3. The second-order valence-corrected chi connectivity index (χ2v) is 6.09. The fourth-order valence-corrected chi connectivity index (χ4v) is 2.44. The van der Waals surface area contributed by atoms with Crippen LogP contribution in [0.2, 0.25) is 5.02 Å². The normalized spacial score (nSPS) is 11.4. The second-order valence-electron chi connectivity index (χ2n) is 5.68. The molecule has 0 saturated carbocycles. The van der Waals surface area contributed by atoms with Gasteiger partial charge >= 0.3 is 5.69 Å². The van der Waals surface area contributed by atoms with E-state index >= 15 is 0 Å². The van der Waals surface area contributed by atoms with E-state index in [2.05, 4.69) is 26.1 Å². The molecule has 0 aliphatic carbocycles. The minimum absolute atomic E-state index is 0.0755. The Labute approximate surface area is 168 Å². The van der Waals surface area contributed by atoms with Gasteiger partial charge in [-0.1, -0.05) is 11.6 Å². The van der Waals surface area contributed by atoms with Crippen LogP contribution >= 0.6 is 11.6 Å². The van der Waals surface area contributed by atoms with Gasteiger partial charge in [-0.3, -0.25) is 35.9 Å². The molecule has 0 saturated heterocycles. The Hall–Kier alpha value is -3.58. The van der Waals surface area contributed by atoms with Crippen molar-refractivity contribution < 1.29 is 19.4 Å². The van der Waals surface area contributed by atoms with Crippen molar-refractivity contribution in [2.45, 2.75) is 13.0 Å². The maximum Gasteiger partial charge on any atom is 0.354 e. The number of carbonyl (C=O) groups excluding carboxylic acids is 1. The van der Waals surface area contributed by atoms with Crippen LogP contribution in [-0.4, -0.2) is 45.5 Å². The van der Waals surface area contributed by atoms with Crippen molar-refractivity contribution >= 4 is 40.5 Å². The third-order valence-electron chi connectivity index (χ3n) is 3.50. The number of aromatic nitrogens is 2. The fourth-order valence-electron chi connectivity index (χ4n) is 2.26. The number of ether oxygens (including phenoxy) is 1. The van der Waals surface area contributed by atoms with Crippen molar-refractivity contribution in [1.82, 2.24) is 15.4 Å². The number of anilines is 2. The van der Waals surface area contributed by atoms with E-state index in [1.54, 1.807) is 6.92 Å². The van der Waals surface area contributed by atoms with Gasteiger partial charge in [0, 0.05) is 24.8 Å². The molecule has 1 atom stereocenters. The van der Waals surface area contributed by atoms with Crippen molar-refractivity contribution in [3.63, 3.8) is 0 Å². The highest BCUT2D eigenvalue weighted by Gasteiger charge is 2.25. The molecular formula is C15H16ClN7O6. The number of nitrogens with one attached hydrogen (secondary N) is 3. The zero-order chi connectivity index (χ0) is 21.6. The third kappa shape index (κ3) is 5.46. The average Bonchev–Trinajstić information content (AvgIpc) is 2.66. The number of hydrazine groups is 1. The lowest BCUT2D eigenvalue weighted by atomic mass is 10.2. The predicted molar refractivity (Wildman–Crippen MR) is 103 cm³/mol. The number of nitro benzene ring substituents is 1. The Kier molecular flexibility index (Phi) is 7.16. The molecule has 0 fully saturated rings. The van der Waals surface area contributed by atoms with Gasteiger partial charge in [-0.15, -0.1) is 0 Å². The molecule has 0 spiro atoms. The second kappa shape index (κ2) is 9.57. The summed E-state index contributed by atoms with van der Waals surface area (Å²) in [5.41, 5.74) is 3.49. The van der Waals surface area contributed by atoms with Crippen molar-refractivity contribution in [2.24, 2.45) is 0 Å². The molecule has 29 heavy (non-hydrogen) atoms. The summed E-state index contributed by atoms with van der Waals surface area (Å²) in [7, 11) is 1.48. The van der Waals surface area contributed by atoms with Crippen molar-refractivity contribution in [3.8, 4) is 0 Å². The molecule has 1 aromatic carbocycles.